The monoisotopic (exact) mass is 457 g/mol. The largest absolute Gasteiger partial charge is 0.471 e. The van der Waals surface area contributed by atoms with Crippen LogP contribution >= 0.6 is 0 Å². The van der Waals surface area contributed by atoms with Crippen molar-refractivity contribution in [2.75, 3.05) is 20.1 Å². The second-order valence-electron chi connectivity index (χ2n) is 9.18. The van der Waals surface area contributed by atoms with Gasteiger partial charge in [-0.2, -0.15) is 23.4 Å². The second kappa shape index (κ2) is 8.46. The first-order chi connectivity index (χ1) is 14.9. The summed E-state index contributed by atoms with van der Waals surface area (Å²) in [7, 11) is 1.77. The molecule has 0 radical (unpaired) electrons. The molecule has 3 rings (SSSR count). The molecule has 0 aromatic carbocycles. The fourth-order valence-corrected chi connectivity index (χ4v) is 5.28. The molecule has 176 valence electrons. The highest BCUT2D eigenvalue weighted by Crippen LogP contribution is 2.54. The van der Waals surface area contributed by atoms with Gasteiger partial charge in [0.2, 0.25) is 5.91 Å². The summed E-state index contributed by atoms with van der Waals surface area (Å²) in [6, 6.07) is 1.20. The van der Waals surface area contributed by atoms with Gasteiger partial charge in [0.25, 0.3) is 0 Å². The molecule has 1 aromatic heterocycles. The van der Waals surface area contributed by atoms with Gasteiger partial charge in [-0.25, -0.2) is 4.39 Å². The van der Waals surface area contributed by atoms with Crippen LogP contribution in [0.1, 0.15) is 44.8 Å². The third kappa shape index (κ3) is 4.12. The Bertz CT molecular complexity index is 909. The number of rotatable bonds is 6. The van der Waals surface area contributed by atoms with Gasteiger partial charge >= 0.3 is 12.1 Å². The average Bonchev–Trinajstić information content (AvgIpc) is 3.39. The van der Waals surface area contributed by atoms with Crippen LogP contribution in [0.5, 0.6) is 0 Å². The van der Waals surface area contributed by atoms with E-state index in [-0.39, 0.29) is 43.6 Å². The Morgan fingerprint density at radius 3 is 2.72 bits per heavy atom. The minimum atomic E-state index is -4.70. The molecule has 2 fully saturated rings. The van der Waals surface area contributed by atoms with Crippen LogP contribution in [0, 0.1) is 22.7 Å². The van der Waals surface area contributed by atoms with Crippen LogP contribution in [0.15, 0.2) is 17.2 Å². The van der Waals surface area contributed by atoms with Crippen molar-refractivity contribution >= 4 is 5.91 Å². The molecule has 1 aliphatic heterocycles. The molecule has 4 atom stereocenters. The first kappa shape index (κ1) is 24.2. The lowest BCUT2D eigenvalue weighted by molar-refractivity contribution is -0.159. The van der Waals surface area contributed by atoms with Gasteiger partial charge < -0.3 is 9.42 Å². The fraction of sp³-hybridized carbons (Fsp3) is 0.714. The molecular formula is C21H27F4N5O2. The van der Waals surface area contributed by atoms with Crippen molar-refractivity contribution in [2.24, 2.45) is 11.3 Å². The van der Waals surface area contributed by atoms with Gasteiger partial charge in [0, 0.05) is 18.4 Å². The lowest BCUT2D eigenvalue weighted by Gasteiger charge is -2.48. The number of carbonyl (C=O) groups is 1. The molecule has 0 bridgehead atoms. The Balaban J connectivity index is 1.75. The summed E-state index contributed by atoms with van der Waals surface area (Å²) in [6.07, 6.45) is -2.67. The highest BCUT2D eigenvalue weighted by atomic mass is 19.4. The lowest BCUT2D eigenvalue weighted by atomic mass is 9.68. The van der Waals surface area contributed by atoms with Gasteiger partial charge in [-0.3, -0.25) is 9.69 Å². The van der Waals surface area contributed by atoms with Crippen LogP contribution in [0.4, 0.5) is 17.6 Å². The zero-order valence-electron chi connectivity index (χ0n) is 18.3. The normalized spacial score (nSPS) is 30.0. The van der Waals surface area contributed by atoms with E-state index < -0.39 is 35.2 Å². The SMILES string of the molecule is C=C[C@@]1(N(C)CC(=O)N2C[C@@H](F)C[C@H]2C#N)CC[C@@H](Cc2noc(C(F)(F)F)n2)C1(C)C. The van der Waals surface area contributed by atoms with Crippen LogP contribution in [0.3, 0.4) is 0 Å². The van der Waals surface area contributed by atoms with Gasteiger partial charge in [-0.15, -0.1) is 6.58 Å². The number of likely N-dealkylation sites (N-methyl/N-ethyl adjacent to an activating group) is 1. The Morgan fingerprint density at radius 2 is 2.16 bits per heavy atom. The molecule has 0 unspecified atom stereocenters. The molecule has 2 heterocycles. The highest BCUT2D eigenvalue weighted by molar-refractivity contribution is 5.79. The second-order valence-corrected chi connectivity index (χ2v) is 9.18. The van der Waals surface area contributed by atoms with Crippen molar-refractivity contribution in [2.45, 2.75) is 63.5 Å². The van der Waals surface area contributed by atoms with Gasteiger partial charge in [-0.05, 0) is 31.2 Å². The van der Waals surface area contributed by atoms with E-state index in [0.717, 1.165) is 0 Å². The summed E-state index contributed by atoms with van der Waals surface area (Å²) in [4.78, 5) is 19.5. The lowest BCUT2D eigenvalue weighted by Crippen LogP contribution is -2.56. The van der Waals surface area contributed by atoms with E-state index in [9.17, 15) is 27.6 Å². The quantitative estimate of drug-likeness (QED) is 0.481. The number of hydrogen-bond acceptors (Lipinski definition) is 6. The summed E-state index contributed by atoms with van der Waals surface area (Å²) in [5.74, 6) is -1.82. The van der Waals surface area contributed by atoms with Crippen molar-refractivity contribution in [3.63, 3.8) is 0 Å². The van der Waals surface area contributed by atoms with Gasteiger partial charge in [0.05, 0.1) is 19.2 Å². The number of hydrogen-bond donors (Lipinski definition) is 0. The van der Waals surface area contributed by atoms with E-state index in [4.69, 9.17) is 0 Å². The van der Waals surface area contributed by atoms with Crippen LogP contribution in [0.25, 0.3) is 0 Å². The topological polar surface area (TPSA) is 86.3 Å². The minimum absolute atomic E-state index is 0.0107. The molecular weight excluding hydrogens is 430 g/mol. The number of nitriles is 1. The van der Waals surface area contributed by atoms with Crippen LogP contribution in [-0.4, -0.2) is 63.7 Å². The molecule has 7 nitrogen and oxygen atoms in total. The van der Waals surface area contributed by atoms with E-state index in [1.807, 2.05) is 24.8 Å². The van der Waals surface area contributed by atoms with E-state index in [1.54, 1.807) is 13.1 Å². The molecule has 1 aliphatic carbocycles. The maximum Gasteiger partial charge on any atom is 0.471 e. The third-order valence-corrected chi connectivity index (χ3v) is 7.26. The molecule has 1 amide bonds. The Kier molecular flexibility index (Phi) is 6.39. The molecule has 11 heteroatoms. The molecule has 1 aromatic rings. The average molecular weight is 457 g/mol. The predicted octanol–water partition coefficient (Wildman–Crippen LogP) is 3.39. The summed E-state index contributed by atoms with van der Waals surface area (Å²) in [5, 5.41) is 12.7. The number of alkyl halides is 4. The van der Waals surface area contributed by atoms with E-state index in [2.05, 4.69) is 21.2 Å². The summed E-state index contributed by atoms with van der Waals surface area (Å²) < 4.78 is 56.4. The zero-order chi connectivity index (χ0) is 23.9. The zero-order valence-corrected chi connectivity index (χ0v) is 18.3. The van der Waals surface area contributed by atoms with E-state index >= 15 is 0 Å². The molecule has 0 N–H and O–H groups in total. The minimum Gasteiger partial charge on any atom is -0.329 e. The molecule has 1 saturated heterocycles. The summed E-state index contributed by atoms with van der Waals surface area (Å²) in [6.45, 7) is 7.80. The maximum atomic E-state index is 13.7. The van der Waals surface area contributed by atoms with E-state index in [0.29, 0.717) is 12.8 Å². The highest BCUT2D eigenvalue weighted by Gasteiger charge is 2.55. The molecule has 32 heavy (non-hydrogen) atoms. The van der Waals surface area contributed by atoms with Crippen molar-refractivity contribution in [3.8, 4) is 6.07 Å². The van der Waals surface area contributed by atoms with Crippen molar-refractivity contribution in [1.82, 2.24) is 19.9 Å². The number of aromatic nitrogens is 2. The van der Waals surface area contributed by atoms with Gasteiger partial charge in [0.1, 0.15) is 12.2 Å². The van der Waals surface area contributed by atoms with Crippen LogP contribution in [-0.2, 0) is 17.4 Å². The van der Waals surface area contributed by atoms with Crippen molar-refractivity contribution < 1.29 is 26.9 Å². The number of carbonyl (C=O) groups excluding carboxylic acids is 1. The van der Waals surface area contributed by atoms with E-state index in [1.165, 1.54) is 4.90 Å². The Labute approximate surface area is 184 Å². The maximum absolute atomic E-state index is 13.7. The Hall–Kier alpha value is -2.48. The predicted molar refractivity (Wildman–Crippen MR) is 106 cm³/mol. The number of amides is 1. The first-order valence-corrected chi connectivity index (χ1v) is 10.4. The summed E-state index contributed by atoms with van der Waals surface area (Å²) in [5.41, 5.74) is -1.13. The number of likely N-dealkylation sites (tertiary alicyclic amines) is 1. The Morgan fingerprint density at radius 1 is 1.47 bits per heavy atom. The van der Waals surface area contributed by atoms with Crippen LogP contribution < -0.4 is 0 Å². The number of halogens is 4. The summed E-state index contributed by atoms with van der Waals surface area (Å²) >= 11 is 0. The fourth-order valence-electron chi connectivity index (χ4n) is 5.28. The first-order valence-electron chi connectivity index (χ1n) is 10.4. The smallest absolute Gasteiger partial charge is 0.329 e. The van der Waals surface area contributed by atoms with Crippen molar-refractivity contribution in [1.29, 1.82) is 5.26 Å². The van der Waals surface area contributed by atoms with Gasteiger partial charge in [-0.1, -0.05) is 25.1 Å². The number of nitrogens with zero attached hydrogens (tertiary/aromatic N) is 5. The molecule has 1 saturated carbocycles. The van der Waals surface area contributed by atoms with Gasteiger partial charge in [0.15, 0.2) is 5.82 Å². The molecule has 2 aliphatic rings. The van der Waals surface area contributed by atoms with Crippen LogP contribution in [0.2, 0.25) is 0 Å². The molecule has 0 spiro atoms. The van der Waals surface area contributed by atoms with Crippen molar-refractivity contribution in [3.05, 3.63) is 24.4 Å². The standard InChI is InChI=1S/C21H27F4N5O2/c1-5-20(29(4)12-17(31)30-11-14(22)9-15(30)10-26)7-6-13(19(20,2)3)8-16-27-18(32-28-16)21(23,24)25/h5,13-15H,1,6-9,11-12H2,2-4H3/t13-,14-,15-,20+/m0/s1. The third-order valence-electron chi connectivity index (χ3n) is 7.26.